The number of aliphatic hydroxyl groups excluding tert-OH is 1. The van der Waals surface area contributed by atoms with Crippen LogP contribution in [-0.4, -0.2) is 56.4 Å². The number of benzene rings is 2. The minimum atomic E-state index is -1.20. The van der Waals surface area contributed by atoms with E-state index in [1.807, 2.05) is 4.90 Å². The molecule has 0 spiro atoms. The van der Waals surface area contributed by atoms with Gasteiger partial charge in [0, 0.05) is 13.1 Å². The van der Waals surface area contributed by atoms with Crippen LogP contribution in [0.2, 0.25) is 0 Å². The number of carboxylic acid groups (broad SMARTS) is 2. The predicted molar refractivity (Wildman–Crippen MR) is 152 cm³/mol. The van der Waals surface area contributed by atoms with Crippen molar-refractivity contribution in [1.82, 2.24) is 4.90 Å². The van der Waals surface area contributed by atoms with E-state index in [0.29, 0.717) is 18.7 Å². The van der Waals surface area contributed by atoms with Gasteiger partial charge in [0.1, 0.15) is 17.4 Å². The van der Waals surface area contributed by atoms with Crippen LogP contribution < -0.4 is 0 Å². The highest BCUT2D eigenvalue weighted by Gasteiger charge is 2.40. The fourth-order valence-corrected chi connectivity index (χ4v) is 5.82. The molecule has 0 bridgehead atoms. The molecule has 7 nitrogen and oxygen atoms in total. The minimum absolute atomic E-state index is 0.0464. The molecule has 2 aliphatic rings. The average molecular weight is 534 g/mol. The van der Waals surface area contributed by atoms with Gasteiger partial charge in [-0.3, -0.25) is 9.69 Å². The van der Waals surface area contributed by atoms with Gasteiger partial charge in [0.15, 0.2) is 0 Å². The van der Waals surface area contributed by atoms with E-state index >= 15 is 0 Å². The molecular formula is C32H39NO6. The van der Waals surface area contributed by atoms with Gasteiger partial charge in [-0.1, -0.05) is 58.1 Å². The van der Waals surface area contributed by atoms with E-state index in [-0.39, 0.29) is 22.1 Å². The fraction of sp³-hybridized carbons (Fsp3) is 0.438. The molecule has 1 aliphatic heterocycles. The zero-order chi connectivity index (χ0) is 28.7. The molecule has 0 aromatic heterocycles. The van der Waals surface area contributed by atoms with E-state index in [4.69, 9.17) is 5.11 Å². The number of aliphatic carboxylic acids is 1. The van der Waals surface area contributed by atoms with Gasteiger partial charge in [-0.05, 0) is 88.6 Å². The number of aromatic hydroxyl groups is 1. The molecule has 2 aromatic rings. The lowest BCUT2D eigenvalue weighted by Gasteiger charge is -2.44. The number of aromatic carboxylic acids is 1. The van der Waals surface area contributed by atoms with Crippen molar-refractivity contribution in [3.63, 3.8) is 0 Å². The summed E-state index contributed by atoms with van der Waals surface area (Å²) in [7, 11) is 0. The molecule has 7 heteroatoms. The third-order valence-corrected chi connectivity index (χ3v) is 8.50. The largest absolute Gasteiger partial charge is 0.507 e. The van der Waals surface area contributed by atoms with Crippen LogP contribution in [0.3, 0.4) is 0 Å². The summed E-state index contributed by atoms with van der Waals surface area (Å²) in [5, 5.41) is 39.9. The first-order valence-corrected chi connectivity index (χ1v) is 13.5. The Morgan fingerprint density at radius 3 is 2.31 bits per heavy atom. The second-order valence-corrected chi connectivity index (χ2v) is 12.1. The van der Waals surface area contributed by atoms with Gasteiger partial charge in [0.25, 0.3) is 0 Å². The Kier molecular flexibility index (Phi) is 7.79. The van der Waals surface area contributed by atoms with E-state index in [2.05, 4.69) is 45.9 Å². The topological polar surface area (TPSA) is 118 Å². The fourth-order valence-electron chi connectivity index (χ4n) is 5.82. The molecule has 2 unspecified atom stereocenters. The number of rotatable bonds is 7. The second kappa shape index (κ2) is 10.6. The standard InChI is InChI=1S/C32H39NO6/c1-19(29(36)37)33-14-10-21(11-15-33)24-17-22(18-25-28(24)32(4,5)13-12-31(25,2)3)26(34)9-7-20-6-8-23(30(38)39)27(35)16-20/h6-10,16-19,26,34-35H,11-15H2,1-5H3,(H,36,37)(H,38,39). The molecule has 0 amide bonds. The van der Waals surface area contributed by atoms with Crippen molar-refractivity contribution in [1.29, 1.82) is 0 Å². The van der Waals surface area contributed by atoms with Crippen molar-refractivity contribution in [2.75, 3.05) is 13.1 Å². The SMILES string of the molecule is CC(C(=O)O)N1CC=C(c2cc(C(O)C=Cc3ccc(C(=O)O)c(O)c3)cc3c2C(C)(C)CCC3(C)C)CC1. The maximum atomic E-state index is 11.5. The molecule has 1 aliphatic carbocycles. The van der Waals surface area contributed by atoms with Crippen LogP contribution in [0.4, 0.5) is 0 Å². The van der Waals surface area contributed by atoms with Gasteiger partial charge in [-0.15, -0.1) is 0 Å². The Balaban J connectivity index is 1.75. The smallest absolute Gasteiger partial charge is 0.339 e. The molecule has 208 valence electrons. The van der Waals surface area contributed by atoms with Crippen molar-refractivity contribution in [3.05, 3.63) is 75.9 Å². The zero-order valence-corrected chi connectivity index (χ0v) is 23.4. The molecule has 4 N–H and O–H groups in total. The molecule has 2 atom stereocenters. The van der Waals surface area contributed by atoms with Crippen molar-refractivity contribution >= 4 is 23.6 Å². The predicted octanol–water partition coefficient (Wildman–Crippen LogP) is 5.75. The molecular weight excluding hydrogens is 494 g/mol. The van der Waals surface area contributed by atoms with Crippen molar-refractivity contribution in [3.8, 4) is 5.75 Å². The van der Waals surface area contributed by atoms with Crippen LogP contribution >= 0.6 is 0 Å². The Morgan fingerprint density at radius 2 is 1.72 bits per heavy atom. The lowest BCUT2D eigenvalue weighted by molar-refractivity contribution is -0.142. The molecule has 0 fully saturated rings. The summed E-state index contributed by atoms with van der Waals surface area (Å²) in [4.78, 5) is 24.7. The number of hydrogen-bond donors (Lipinski definition) is 4. The lowest BCUT2D eigenvalue weighted by atomic mass is 9.61. The Labute approximate surface area is 230 Å². The van der Waals surface area contributed by atoms with Crippen molar-refractivity contribution in [2.45, 2.75) is 76.9 Å². The van der Waals surface area contributed by atoms with Gasteiger partial charge >= 0.3 is 11.9 Å². The lowest BCUT2D eigenvalue weighted by Crippen LogP contribution is -2.41. The summed E-state index contributed by atoms with van der Waals surface area (Å²) in [6, 6.07) is 7.94. The highest BCUT2D eigenvalue weighted by atomic mass is 16.4. The van der Waals surface area contributed by atoms with Gasteiger partial charge in [-0.2, -0.15) is 0 Å². The number of fused-ring (bicyclic) bond motifs is 1. The van der Waals surface area contributed by atoms with Gasteiger partial charge in [0.2, 0.25) is 0 Å². The number of hydrogen-bond acceptors (Lipinski definition) is 5. The van der Waals surface area contributed by atoms with E-state index in [1.54, 1.807) is 25.1 Å². The quantitative estimate of drug-likeness (QED) is 0.358. The molecule has 2 aromatic carbocycles. The number of nitrogens with zero attached hydrogens (tertiary/aromatic N) is 1. The first-order valence-electron chi connectivity index (χ1n) is 13.5. The Hall–Kier alpha value is -3.42. The van der Waals surface area contributed by atoms with E-state index in [0.717, 1.165) is 30.4 Å². The highest BCUT2D eigenvalue weighted by Crippen LogP contribution is 2.50. The van der Waals surface area contributed by atoms with Crippen molar-refractivity contribution < 1.29 is 30.0 Å². The summed E-state index contributed by atoms with van der Waals surface area (Å²) in [6.45, 7) is 12.0. The maximum absolute atomic E-state index is 11.5. The first kappa shape index (κ1) is 28.6. The zero-order valence-electron chi connectivity index (χ0n) is 23.4. The van der Waals surface area contributed by atoms with Crippen LogP contribution in [0.15, 0.2) is 42.5 Å². The van der Waals surface area contributed by atoms with E-state index < -0.39 is 24.1 Å². The molecule has 39 heavy (non-hydrogen) atoms. The Bertz CT molecular complexity index is 1350. The summed E-state index contributed by atoms with van der Waals surface area (Å²) in [5.41, 5.74) is 5.89. The number of carboxylic acids is 2. The van der Waals surface area contributed by atoms with Crippen LogP contribution in [0, 0.1) is 0 Å². The maximum Gasteiger partial charge on any atom is 0.339 e. The Morgan fingerprint density at radius 1 is 1.03 bits per heavy atom. The van der Waals surface area contributed by atoms with Gasteiger partial charge < -0.3 is 20.4 Å². The third kappa shape index (κ3) is 5.80. The van der Waals surface area contributed by atoms with E-state index in [9.17, 15) is 24.9 Å². The highest BCUT2D eigenvalue weighted by molar-refractivity contribution is 5.91. The molecule has 1 heterocycles. The molecule has 0 radical (unpaired) electrons. The number of carbonyl (C=O) groups is 2. The molecule has 4 rings (SSSR count). The number of phenols is 1. The third-order valence-electron chi connectivity index (χ3n) is 8.50. The average Bonchev–Trinajstić information content (AvgIpc) is 2.88. The summed E-state index contributed by atoms with van der Waals surface area (Å²) >= 11 is 0. The second-order valence-electron chi connectivity index (χ2n) is 12.1. The van der Waals surface area contributed by atoms with E-state index in [1.165, 1.54) is 28.8 Å². The van der Waals surface area contributed by atoms with Crippen molar-refractivity contribution in [2.24, 2.45) is 0 Å². The first-order chi connectivity index (χ1) is 18.2. The molecule has 0 saturated carbocycles. The van der Waals surface area contributed by atoms with Gasteiger partial charge in [-0.25, -0.2) is 4.79 Å². The van der Waals surface area contributed by atoms with Crippen LogP contribution in [-0.2, 0) is 15.6 Å². The summed E-state index contributed by atoms with van der Waals surface area (Å²) in [6.07, 6.45) is 7.35. The van der Waals surface area contributed by atoms with Gasteiger partial charge in [0.05, 0.1) is 6.10 Å². The van der Waals surface area contributed by atoms with Crippen LogP contribution in [0.5, 0.6) is 5.75 Å². The van der Waals surface area contributed by atoms with Crippen LogP contribution in [0.1, 0.15) is 98.2 Å². The number of aliphatic hydroxyl groups is 1. The van der Waals surface area contributed by atoms with Crippen LogP contribution in [0.25, 0.3) is 11.6 Å². The summed E-state index contributed by atoms with van der Waals surface area (Å²) in [5.74, 6) is -2.35. The monoisotopic (exact) mass is 533 g/mol. The minimum Gasteiger partial charge on any atom is -0.507 e. The molecule has 0 saturated heterocycles. The summed E-state index contributed by atoms with van der Waals surface area (Å²) < 4.78 is 0. The normalized spacial score (nSPS) is 20.2.